The summed E-state index contributed by atoms with van der Waals surface area (Å²) in [5.41, 5.74) is 1.66. The third-order valence-corrected chi connectivity index (χ3v) is 3.08. The van der Waals surface area contributed by atoms with Crippen LogP contribution in [0, 0.1) is 3.57 Å². The summed E-state index contributed by atoms with van der Waals surface area (Å²) in [5, 5.41) is 3.83. The highest BCUT2D eigenvalue weighted by Gasteiger charge is 2.19. The Kier molecular flexibility index (Phi) is 2.47. The number of hydrogen-bond acceptors (Lipinski definition) is 2. The zero-order valence-electron chi connectivity index (χ0n) is 6.73. The number of benzene rings is 1. The van der Waals surface area contributed by atoms with Crippen molar-refractivity contribution >= 4 is 45.7 Å². The van der Waals surface area contributed by atoms with Crippen molar-refractivity contribution in [2.75, 3.05) is 11.9 Å². The van der Waals surface area contributed by atoms with Gasteiger partial charge < -0.3 is 5.32 Å². The minimum absolute atomic E-state index is 0.175. The van der Waals surface area contributed by atoms with Crippen molar-refractivity contribution in [2.45, 2.75) is 6.42 Å². The molecule has 0 unspecified atom stereocenters. The monoisotopic (exact) mass is 307 g/mol. The molecular weight excluding hydrogens is 300 g/mol. The lowest BCUT2D eigenvalue weighted by Crippen LogP contribution is -2.18. The average Bonchev–Trinajstić information content (AvgIpc) is 2.07. The van der Waals surface area contributed by atoms with E-state index in [1.54, 1.807) is 6.07 Å². The number of carbonyl (C=O) groups is 1. The second kappa shape index (κ2) is 3.46. The maximum Gasteiger partial charge on any atom is 0.166 e. The molecule has 4 heteroatoms. The van der Waals surface area contributed by atoms with Gasteiger partial charge in [0.1, 0.15) is 0 Å². The molecular formula is C9H7ClINO. The van der Waals surface area contributed by atoms with Gasteiger partial charge in [-0.05, 0) is 34.7 Å². The normalized spacial score (nSPS) is 15.1. The van der Waals surface area contributed by atoms with E-state index in [2.05, 4.69) is 27.9 Å². The second-order valence-electron chi connectivity index (χ2n) is 2.91. The fraction of sp³-hybridized carbons (Fsp3) is 0.222. The molecule has 1 aliphatic heterocycles. The molecule has 0 radical (unpaired) electrons. The van der Waals surface area contributed by atoms with Crippen LogP contribution in [0.25, 0.3) is 0 Å². The molecule has 1 aliphatic rings. The molecule has 1 heterocycles. The van der Waals surface area contributed by atoms with E-state index in [0.29, 0.717) is 11.4 Å². The highest BCUT2D eigenvalue weighted by atomic mass is 127. The van der Waals surface area contributed by atoms with Crippen LogP contribution in [0.15, 0.2) is 12.1 Å². The second-order valence-corrected chi connectivity index (χ2v) is 4.51. The first kappa shape index (κ1) is 9.27. The lowest BCUT2D eigenvalue weighted by molar-refractivity contribution is 0.0983. The van der Waals surface area contributed by atoms with E-state index in [-0.39, 0.29) is 5.78 Å². The Bertz CT molecular complexity index is 378. The van der Waals surface area contributed by atoms with Crippen molar-refractivity contribution in [2.24, 2.45) is 0 Å². The molecule has 0 saturated heterocycles. The van der Waals surface area contributed by atoms with E-state index in [1.807, 2.05) is 6.07 Å². The van der Waals surface area contributed by atoms with E-state index in [1.165, 1.54) is 0 Å². The maximum atomic E-state index is 11.5. The summed E-state index contributed by atoms with van der Waals surface area (Å²) in [5.74, 6) is 0.175. The van der Waals surface area contributed by atoms with Gasteiger partial charge in [0.15, 0.2) is 5.78 Å². The van der Waals surface area contributed by atoms with Crippen LogP contribution in [0.5, 0.6) is 0 Å². The van der Waals surface area contributed by atoms with E-state index >= 15 is 0 Å². The smallest absolute Gasteiger partial charge is 0.166 e. The molecule has 0 spiro atoms. The number of rotatable bonds is 0. The Labute approximate surface area is 94.8 Å². The number of halogens is 2. The molecule has 2 nitrogen and oxygen atoms in total. The predicted molar refractivity (Wildman–Crippen MR) is 61.6 cm³/mol. The van der Waals surface area contributed by atoms with E-state index < -0.39 is 0 Å². The van der Waals surface area contributed by atoms with Gasteiger partial charge in [-0.1, -0.05) is 11.6 Å². The summed E-state index contributed by atoms with van der Waals surface area (Å²) in [4.78, 5) is 11.5. The van der Waals surface area contributed by atoms with Crippen LogP contribution in [0.2, 0.25) is 5.02 Å². The van der Waals surface area contributed by atoms with Crippen molar-refractivity contribution in [3.63, 3.8) is 0 Å². The van der Waals surface area contributed by atoms with Crippen molar-refractivity contribution in [1.82, 2.24) is 0 Å². The molecule has 2 rings (SSSR count). The number of carbonyl (C=O) groups excluding carboxylic acids is 1. The van der Waals surface area contributed by atoms with E-state index in [0.717, 1.165) is 21.4 Å². The molecule has 0 bridgehead atoms. The highest BCUT2D eigenvalue weighted by molar-refractivity contribution is 14.1. The summed E-state index contributed by atoms with van der Waals surface area (Å²) in [6.45, 7) is 0.726. The van der Waals surface area contributed by atoms with Crippen molar-refractivity contribution < 1.29 is 4.79 Å². The Morgan fingerprint density at radius 1 is 1.46 bits per heavy atom. The number of fused-ring (bicyclic) bond motifs is 1. The van der Waals surface area contributed by atoms with Gasteiger partial charge in [0.05, 0.1) is 5.69 Å². The fourth-order valence-corrected chi connectivity index (χ4v) is 2.63. The molecule has 0 fully saturated rings. The Hall–Kier alpha value is -0.290. The molecule has 1 aromatic carbocycles. The van der Waals surface area contributed by atoms with Crippen molar-refractivity contribution in [1.29, 1.82) is 0 Å². The predicted octanol–water partition coefficient (Wildman–Crippen LogP) is 2.94. The van der Waals surface area contributed by atoms with E-state index in [4.69, 9.17) is 11.6 Å². The Balaban J connectivity index is 2.63. The summed E-state index contributed by atoms with van der Waals surface area (Å²) in [6, 6.07) is 3.58. The summed E-state index contributed by atoms with van der Waals surface area (Å²) in [7, 11) is 0. The van der Waals surface area contributed by atoms with Gasteiger partial charge in [0.2, 0.25) is 0 Å². The average molecular weight is 308 g/mol. The van der Waals surface area contributed by atoms with Gasteiger partial charge in [-0.25, -0.2) is 0 Å². The van der Waals surface area contributed by atoms with Crippen LogP contribution in [0.3, 0.4) is 0 Å². The number of Topliss-reactive ketones (excluding diaryl/α,β-unsaturated/α-hetero) is 1. The van der Waals surface area contributed by atoms with Gasteiger partial charge in [-0.15, -0.1) is 0 Å². The number of nitrogens with one attached hydrogen (secondary N) is 1. The van der Waals surface area contributed by atoms with Gasteiger partial charge in [0.25, 0.3) is 0 Å². The third kappa shape index (κ3) is 1.67. The first-order chi connectivity index (χ1) is 6.18. The number of ketones is 1. The molecule has 0 aromatic heterocycles. The molecule has 0 saturated carbocycles. The van der Waals surface area contributed by atoms with Gasteiger partial charge in [0, 0.05) is 27.1 Å². The maximum absolute atomic E-state index is 11.5. The quantitative estimate of drug-likeness (QED) is 0.747. The van der Waals surface area contributed by atoms with Gasteiger partial charge >= 0.3 is 0 Å². The molecule has 0 aliphatic carbocycles. The summed E-state index contributed by atoms with van der Waals surface area (Å²) < 4.78 is 1.01. The first-order valence-corrected chi connectivity index (χ1v) is 5.40. The molecule has 1 aromatic rings. The van der Waals surface area contributed by atoms with Crippen LogP contribution in [-0.4, -0.2) is 12.3 Å². The van der Waals surface area contributed by atoms with Gasteiger partial charge in [-0.2, -0.15) is 0 Å². The van der Waals surface area contributed by atoms with Crippen molar-refractivity contribution in [3.8, 4) is 0 Å². The molecule has 68 valence electrons. The first-order valence-electron chi connectivity index (χ1n) is 3.94. The largest absolute Gasteiger partial charge is 0.383 e. The highest BCUT2D eigenvalue weighted by Crippen LogP contribution is 2.30. The van der Waals surface area contributed by atoms with Crippen LogP contribution in [0.4, 0.5) is 5.69 Å². The molecule has 0 atom stereocenters. The topological polar surface area (TPSA) is 29.1 Å². The van der Waals surface area contributed by atoms with Crippen LogP contribution < -0.4 is 5.32 Å². The van der Waals surface area contributed by atoms with Crippen LogP contribution >= 0.6 is 34.2 Å². The number of hydrogen-bond donors (Lipinski definition) is 1. The van der Waals surface area contributed by atoms with Crippen molar-refractivity contribution in [3.05, 3.63) is 26.3 Å². The third-order valence-electron chi connectivity index (χ3n) is 2.01. The van der Waals surface area contributed by atoms with Crippen LogP contribution in [-0.2, 0) is 0 Å². The minimum atomic E-state index is 0.175. The van der Waals surface area contributed by atoms with E-state index in [9.17, 15) is 4.79 Å². The fourth-order valence-electron chi connectivity index (χ4n) is 1.41. The Morgan fingerprint density at radius 3 is 3.00 bits per heavy atom. The Morgan fingerprint density at radius 2 is 2.23 bits per heavy atom. The van der Waals surface area contributed by atoms with Crippen LogP contribution in [0.1, 0.15) is 16.8 Å². The zero-order valence-corrected chi connectivity index (χ0v) is 9.65. The zero-order chi connectivity index (χ0) is 9.42. The summed E-state index contributed by atoms with van der Waals surface area (Å²) >= 11 is 8.04. The minimum Gasteiger partial charge on any atom is -0.383 e. The molecule has 13 heavy (non-hydrogen) atoms. The molecule has 1 N–H and O–H groups in total. The number of anilines is 1. The lowest BCUT2D eigenvalue weighted by atomic mass is 10.0. The molecule has 0 amide bonds. The lowest BCUT2D eigenvalue weighted by Gasteiger charge is -2.18. The SMILES string of the molecule is O=C1CCNc2c(I)cc(Cl)cc21. The van der Waals surface area contributed by atoms with Gasteiger partial charge in [-0.3, -0.25) is 4.79 Å². The standard InChI is InChI=1S/C9H7ClINO/c10-5-3-6-8(13)1-2-12-9(6)7(11)4-5/h3-4,12H,1-2H2. The summed E-state index contributed by atoms with van der Waals surface area (Å²) in [6.07, 6.45) is 0.559.